The largest absolute Gasteiger partial charge is 0.481 e. The number of unbranched alkanes of at least 4 members (excludes halogenated alkanes) is 2. The van der Waals surface area contributed by atoms with Gasteiger partial charge in [0, 0.05) is 11.8 Å². The number of anilines is 1. The van der Waals surface area contributed by atoms with E-state index in [0.29, 0.717) is 12.1 Å². The van der Waals surface area contributed by atoms with Crippen molar-refractivity contribution in [3.8, 4) is 0 Å². The highest BCUT2D eigenvalue weighted by Crippen LogP contribution is 2.25. The average molecular weight is 303 g/mol. The lowest BCUT2D eigenvalue weighted by atomic mass is 9.93. The fraction of sp³-hybridized carbons (Fsp3) is 0.444. The monoisotopic (exact) mass is 303 g/mol. The van der Waals surface area contributed by atoms with Crippen LogP contribution in [-0.4, -0.2) is 17.0 Å². The average Bonchev–Trinajstić information content (AvgIpc) is 2.42. The van der Waals surface area contributed by atoms with Gasteiger partial charge in [-0.3, -0.25) is 9.59 Å². The molecule has 0 saturated heterocycles. The van der Waals surface area contributed by atoms with Gasteiger partial charge in [0.1, 0.15) is 0 Å². The first-order valence-corrected chi connectivity index (χ1v) is 7.72. The summed E-state index contributed by atoms with van der Waals surface area (Å²) in [5.41, 5.74) is 2.27. The number of carboxylic acid groups (broad SMARTS) is 1. The molecular weight excluding hydrogens is 278 g/mol. The molecule has 1 atom stereocenters. The number of carbonyl (C=O) groups excluding carboxylic acids is 1. The van der Waals surface area contributed by atoms with Crippen LogP contribution < -0.4 is 5.32 Å². The summed E-state index contributed by atoms with van der Waals surface area (Å²) in [4.78, 5) is 23.2. The van der Waals surface area contributed by atoms with E-state index in [2.05, 4.69) is 12.2 Å². The fourth-order valence-electron chi connectivity index (χ4n) is 2.30. The van der Waals surface area contributed by atoms with Crippen molar-refractivity contribution in [3.63, 3.8) is 0 Å². The van der Waals surface area contributed by atoms with Crippen molar-refractivity contribution in [2.24, 2.45) is 0 Å². The molecule has 1 rings (SSSR count). The maximum atomic E-state index is 11.7. The van der Waals surface area contributed by atoms with Crippen LogP contribution in [0.3, 0.4) is 0 Å². The Kier molecular flexibility index (Phi) is 7.37. The molecule has 22 heavy (non-hydrogen) atoms. The molecule has 0 fully saturated rings. The second-order valence-electron chi connectivity index (χ2n) is 5.72. The molecule has 0 aromatic heterocycles. The Morgan fingerprint density at radius 3 is 2.59 bits per heavy atom. The number of hydrogen-bond acceptors (Lipinski definition) is 2. The van der Waals surface area contributed by atoms with Gasteiger partial charge < -0.3 is 10.4 Å². The molecule has 0 saturated carbocycles. The highest BCUT2D eigenvalue weighted by Gasteiger charge is 2.19. The van der Waals surface area contributed by atoms with Gasteiger partial charge in [-0.05, 0) is 38.0 Å². The standard InChI is InChI=1S/C18H25NO3/c1-4-5-6-10-16(18(21)22)14-8-7-9-15(12-14)19-17(20)11-13(2)3/h7-9,11-12,16H,4-6,10H2,1-3H3,(H,19,20)(H,21,22). The SMILES string of the molecule is CCCCCC(C(=O)O)c1cccc(NC(=O)C=C(C)C)c1. The Balaban J connectivity index is 2.85. The molecule has 0 aliphatic carbocycles. The van der Waals surface area contributed by atoms with E-state index in [1.807, 2.05) is 13.8 Å². The summed E-state index contributed by atoms with van der Waals surface area (Å²) in [5.74, 6) is -1.54. The number of benzene rings is 1. The molecule has 0 bridgehead atoms. The summed E-state index contributed by atoms with van der Waals surface area (Å²) >= 11 is 0. The molecule has 4 nitrogen and oxygen atoms in total. The molecule has 0 spiro atoms. The van der Waals surface area contributed by atoms with Gasteiger partial charge in [-0.2, -0.15) is 0 Å². The Bertz CT molecular complexity index is 545. The van der Waals surface area contributed by atoms with E-state index in [0.717, 1.165) is 30.4 Å². The van der Waals surface area contributed by atoms with E-state index in [9.17, 15) is 14.7 Å². The second-order valence-corrected chi connectivity index (χ2v) is 5.72. The first kappa shape index (κ1) is 18.0. The van der Waals surface area contributed by atoms with Crippen LogP contribution in [0.4, 0.5) is 5.69 Å². The van der Waals surface area contributed by atoms with Crippen molar-refractivity contribution in [1.29, 1.82) is 0 Å². The minimum Gasteiger partial charge on any atom is -0.481 e. The minimum absolute atomic E-state index is 0.199. The number of amides is 1. The van der Waals surface area contributed by atoms with Crippen LogP contribution in [0.2, 0.25) is 0 Å². The third-order valence-electron chi connectivity index (χ3n) is 3.37. The third kappa shape index (κ3) is 6.12. The zero-order valence-corrected chi connectivity index (χ0v) is 13.6. The molecule has 1 unspecified atom stereocenters. The second kappa shape index (κ2) is 9.03. The van der Waals surface area contributed by atoms with Crippen molar-refractivity contribution in [2.75, 3.05) is 5.32 Å². The lowest BCUT2D eigenvalue weighted by molar-refractivity contribution is -0.139. The molecular formula is C18H25NO3. The third-order valence-corrected chi connectivity index (χ3v) is 3.37. The van der Waals surface area contributed by atoms with E-state index in [-0.39, 0.29) is 5.91 Å². The van der Waals surface area contributed by atoms with Crippen molar-refractivity contribution in [1.82, 2.24) is 0 Å². The van der Waals surface area contributed by atoms with E-state index in [1.165, 1.54) is 6.08 Å². The predicted molar refractivity (Wildman–Crippen MR) is 89.0 cm³/mol. The van der Waals surface area contributed by atoms with Gasteiger partial charge in [0.2, 0.25) is 5.91 Å². The number of carbonyl (C=O) groups is 2. The highest BCUT2D eigenvalue weighted by atomic mass is 16.4. The van der Waals surface area contributed by atoms with Gasteiger partial charge >= 0.3 is 5.97 Å². The summed E-state index contributed by atoms with van der Waals surface area (Å²) in [6.07, 6.45) is 5.12. The Hall–Kier alpha value is -2.10. The highest BCUT2D eigenvalue weighted by molar-refractivity contribution is 5.99. The van der Waals surface area contributed by atoms with E-state index in [4.69, 9.17) is 0 Å². The van der Waals surface area contributed by atoms with Crippen LogP contribution in [0.15, 0.2) is 35.9 Å². The maximum absolute atomic E-state index is 11.7. The van der Waals surface area contributed by atoms with Gasteiger partial charge in [-0.15, -0.1) is 0 Å². The van der Waals surface area contributed by atoms with Gasteiger partial charge in [0.05, 0.1) is 5.92 Å². The quantitative estimate of drug-likeness (QED) is 0.554. The van der Waals surface area contributed by atoms with Crippen LogP contribution >= 0.6 is 0 Å². The molecule has 1 aromatic rings. The van der Waals surface area contributed by atoms with E-state index >= 15 is 0 Å². The zero-order chi connectivity index (χ0) is 16.5. The lowest BCUT2D eigenvalue weighted by Gasteiger charge is -2.14. The van der Waals surface area contributed by atoms with Crippen LogP contribution in [0.1, 0.15) is 57.9 Å². The molecule has 0 radical (unpaired) electrons. The van der Waals surface area contributed by atoms with Crippen LogP contribution in [0, 0.1) is 0 Å². The molecule has 120 valence electrons. The summed E-state index contributed by atoms with van der Waals surface area (Å²) < 4.78 is 0. The summed E-state index contributed by atoms with van der Waals surface area (Å²) in [6.45, 7) is 5.80. The first-order chi connectivity index (χ1) is 10.4. The molecule has 1 aromatic carbocycles. The molecule has 0 heterocycles. The van der Waals surface area contributed by atoms with Gasteiger partial charge in [-0.25, -0.2) is 0 Å². The maximum Gasteiger partial charge on any atom is 0.310 e. The molecule has 4 heteroatoms. The van der Waals surface area contributed by atoms with E-state index in [1.54, 1.807) is 24.3 Å². The van der Waals surface area contributed by atoms with Crippen LogP contribution in [-0.2, 0) is 9.59 Å². The minimum atomic E-state index is -0.816. The smallest absolute Gasteiger partial charge is 0.310 e. The summed E-state index contributed by atoms with van der Waals surface area (Å²) in [7, 11) is 0. The van der Waals surface area contributed by atoms with Crippen LogP contribution in [0.25, 0.3) is 0 Å². The Labute approximate surface area is 132 Å². The van der Waals surface area contributed by atoms with Gasteiger partial charge in [-0.1, -0.05) is 43.9 Å². The summed E-state index contributed by atoms with van der Waals surface area (Å²) in [5, 5.41) is 12.2. The topological polar surface area (TPSA) is 66.4 Å². The summed E-state index contributed by atoms with van der Waals surface area (Å²) in [6, 6.07) is 7.11. The predicted octanol–water partition coefficient (Wildman–Crippen LogP) is 4.34. The Morgan fingerprint density at radius 1 is 1.27 bits per heavy atom. The fourth-order valence-corrected chi connectivity index (χ4v) is 2.30. The normalized spacial score (nSPS) is 11.6. The zero-order valence-electron chi connectivity index (χ0n) is 13.6. The number of hydrogen-bond donors (Lipinski definition) is 2. The first-order valence-electron chi connectivity index (χ1n) is 7.72. The molecule has 2 N–H and O–H groups in total. The van der Waals surface area contributed by atoms with E-state index < -0.39 is 11.9 Å². The number of carboxylic acids is 1. The van der Waals surface area contributed by atoms with Crippen molar-refractivity contribution in [3.05, 3.63) is 41.5 Å². The van der Waals surface area contributed by atoms with Crippen molar-refractivity contribution < 1.29 is 14.7 Å². The molecule has 0 aliphatic heterocycles. The molecule has 1 amide bonds. The van der Waals surface area contributed by atoms with Crippen molar-refractivity contribution >= 4 is 17.6 Å². The van der Waals surface area contributed by atoms with Crippen LogP contribution in [0.5, 0.6) is 0 Å². The number of rotatable bonds is 8. The number of aliphatic carboxylic acids is 1. The lowest BCUT2D eigenvalue weighted by Crippen LogP contribution is -2.13. The number of allylic oxidation sites excluding steroid dienone is 1. The van der Waals surface area contributed by atoms with Gasteiger partial charge in [0.15, 0.2) is 0 Å². The Morgan fingerprint density at radius 2 is 2.00 bits per heavy atom. The van der Waals surface area contributed by atoms with Crippen molar-refractivity contribution in [2.45, 2.75) is 52.4 Å². The molecule has 0 aliphatic rings. The van der Waals surface area contributed by atoms with Gasteiger partial charge in [0.25, 0.3) is 0 Å². The number of nitrogens with one attached hydrogen (secondary N) is 1.